The number of ether oxygens (including phenoxy) is 1. The topological polar surface area (TPSA) is 41.6 Å². The summed E-state index contributed by atoms with van der Waals surface area (Å²) in [5.74, 6) is 0.997. The fourth-order valence-corrected chi connectivity index (χ4v) is 3.39. The first-order chi connectivity index (χ1) is 9.22. The molecule has 2 fully saturated rings. The van der Waals surface area contributed by atoms with E-state index in [9.17, 15) is 4.79 Å². The van der Waals surface area contributed by atoms with Crippen LogP contribution in [0.4, 0.5) is 0 Å². The van der Waals surface area contributed by atoms with Gasteiger partial charge in [-0.25, -0.2) is 0 Å². The van der Waals surface area contributed by atoms with Gasteiger partial charge in [-0.2, -0.15) is 0 Å². The van der Waals surface area contributed by atoms with E-state index in [-0.39, 0.29) is 6.10 Å². The molecule has 4 heteroatoms. The smallest absolute Gasteiger partial charge is 0.222 e. The highest BCUT2D eigenvalue weighted by Crippen LogP contribution is 2.29. The second kappa shape index (κ2) is 7.25. The molecule has 3 atom stereocenters. The average molecular weight is 268 g/mol. The normalized spacial score (nSPS) is 29.5. The summed E-state index contributed by atoms with van der Waals surface area (Å²) in [6.07, 6.45) is 6.54. The molecule has 0 aromatic rings. The van der Waals surface area contributed by atoms with E-state index in [0.29, 0.717) is 24.3 Å². The minimum Gasteiger partial charge on any atom is -0.382 e. The molecule has 2 aliphatic heterocycles. The summed E-state index contributed by atoms with van der Waals surface area (Å²) in [4.78, 5) is 14.5. The van der Waals surface area contributed by atoms with Gasteiger partial charge in [0.15, 0.2) is 0 Å². The van der Waals surface area contributed by atoms with E-state index in [1.54, 1.807) is 7.11 Å². The van der Waals surface area contributed by atoms with Crippen LogP contribution in [0.5, 0.6) is 0 Å². The van der Waals surface area contributed by atoms with Crippen molar-refractivity contribution >= 4 is 5.91 Å². The van der Waals surface area contributed by atoms with Crippen molar-refractivity contribution in [2.24, 2.45) is 5.92 Å². The monoisotopic (exact) mass is 268 g/mol. The highest BCUT2D eigenvalue weighted by Gasteiger charge is 2.34. The summed E-state index contributed by atoms with van der Waals surface area (Å²) < 4.78 is 5.23. The summed E-state index contributed by atoms with van der Waals surface area (Å²) in [5.41, 5.74) is 0. The average Bonchev–Trinajstić information content (AvgIpc) is 2.94. The third kappa shape index (κ3) is 3.93. The van der Waals surface area contributed by atoms with Gasteiger partial charge in [0, 0.05) is 26.1 Å². The first kappa shape index (κ1) is 14.8. The molecule has 2 heterocycles. The molecule has 0 aromatic heterocycles. The number of nitrogens with zero attached hydrogens (tertiary/aromatic N) is 1. The number of hydrogen-bond donors (Lipinski definition) is 1. The molecule has 0 radical (unpaired) electrons. The third-order valence-electron chi connectivity index (χ3n) is 4.67. The van der Waals surface area contributed by atoms with Gasteiger partial charge in [0.2, 0.25) is 5.91 Å². The minimum absolute atomic E-state index is 0.182. The first-order valence-corrected chi connectivity index (χ1v) is 7.75. The predicted octanol–water partition coefficient (Wildman–Crippen LogP) is 1.79. The van der Waals surface area contributed by atoms with E-state index in [4.69, 9.17) is 4.74 Å². The Morgan fingerprint density at radius 1 is 1.42 bits per heavy atom. The number of piperidine rings is 1. The van der Waals surface area contributed by atoms with Gasteiger partial charge in [-0.15, -0.1) is 0 Å². The van der Waals surface area contributed by atoms with Crippen molar-refractivity contribution in [3.05, 3.63) is 0 Å². The van der Waals surface area contributed by atoms with Crippen LogP contribution in [-0.2, 0) is 9.53 Å². The van der Waals surface area contributed by atoms with Crippen LogP contribution < -0.4 is 5.32 Å². The van der Waals surface area contributed by atoms with E-state index in [1.807, 2.05) is 6.92 Å². The molecule has 0 aromatic carbocycles. The molecule has 1 amide bonds. The molecule has 2 rings (SSSR count). The molecule has 0 saturated carbocycles. The van der Waals surface area contributed by atoms with Gasteiger partial charge in [0.25, 0.3) is 0 Å². The molecule has 19 heavy (non-hydrogen) atoms. The SMILES string of the molecule is COC(C)CCC(=O)N1CCCC1C1CCCNC1. The molecule has 0 bridgehead atoms. The van der Waals surface area contributed by atoms with E-state index < -0.39 is 0 Å². The van der Waals surface area contributed by atoms with Crippen LogP contribution in [0.3, 0.4) is 0 Å². The van der Waals surface area contributed by atoms with E-state index in [2.05, 4.69) is 10.2 Å². The Morgan fingerprint density at radius 3 is 2.95 bits per heavy atom. The summed E-state index contributed by atoms with van der Waals surface area (Å²) in [6.45, 7) is 5.21. The zero-order valence-corrected chi connectivity index (χ0v) is 12.4. The van der Waals surface area contributed by atoms with Gasteiger partial charge < -0.3 is 15.0 Å². The van der Waals surface area contributed by atoms with Crippen LogP contribution >= 0.6 is 0 Å². The molecule has 2 saturated heterocycles. The van der Waals surface area contributed by atoms with Crippen molar-refractivity contribution in [1.29, 1.82) is 0 Å². The van der Waals surface area contributed by atoms with Gasteiger partial charge in [-0.05, 0) is 58.0 Å². The van der Waals surface area contributed by atoms with E-state index >= 15 is 0 Å². The molecular formula is C15H28N2O2. The summed E-state index contributed by atoms with van der Waals surface area (Å²) in [6, 6.07) is 0.484. The van der Waals surface area contributed by atoms with Crippen molar-refractivity contribution in [3.63, 3.8) is 0 Å². The quantitative estimate of drug-likeness (QED) is 0.826. The van der Waals surface area contributed by atoms with Crippen LogP contribution in [0.1, 0.15) is 45.4 Å². The number of carbonyl (C=O) groups is 1. The predicted molar refractivity (Wildman–Crippen MR) is 76.0 cm³/mol. The van der Waals surface area contributed by atoms with Gasteiger partial charge in [-0.1, -0.05) is 0 Å². The summed E-state index contributed by atoms with van der Waals surface area (Å²) in [7, 11) is 1.71. The second-order valence-corrected chi connectivity index (χ2v) is 5.99. The molecule has 0 aliphatic carbocycles. The number of nitrogens with one attached hydrogen (secondary N) is 1. The highest BCUT2D eigenvalue weighted by molar-refractivity contribution is 5.76. The number of carbonyl (C=O) groups excluding carboxylic acids is 1. The van der Waals surface area contributed by atoms with Crippen molar-refractivity contribution in [1.82, 2.24) is 10.2 Å². The number of likely N-dealkylation sites (tertiary alicyclic amines) is 1. The molecule has 2 aliphatic rings. The Morgan fingerprint density at radius 2 is 2.26 bits per heavy atom. The van der Waals surface area contributed by atoms with Crippen molar-refractivity contribution in [2.75, 3.05) is 26.7 Å². The van der Waals surface area contributed by atoms with Gasteiger partial charge in [0.05, 0.1) is 6.10 Å². The molecule has 4 nitrogen and oxygen atoms in total. The second-order valence-electron chi connectivity index (χ2n) is 5.99. The summed E-state index contributed by atoms with van der Waals surface area (Å²) in [5, 5.41) is 3.47. The zero-order valence-electron chi connectivity index (χ0n) is 12.4. The maximum absolute atomic E-state index is 12.4. The number of hydrogen-bond acceptors (Lipinski definition) is 3. The van der Waals surface area contributed by atoms with Crippen LogP contribution in [0.15, 0.2) is 0 Å². The molecule has 3 unspecified atom stereocenters. The fraction of sp³-hybridized carbons (Fsp3) is 0.933. The lowest BCUT2D eigenvalue weighted by atomic mass is 9.90. The molecule has 0 spiro atoms. The molecule has 1 N–H and O–H groups in total. The van der Waals surface area contributed by atoms with Crippen molar-refractivity contribution in [3.8, 4) is 0 Å². The van der Waals surface area contributed by atoms with Crippen LogP contribution in [0.25, 0.3) is 0 Å². The maximum atomic E-state index is 12.4. The Hall–Kier alpha value is -0.610. The number of rotatable bonds is 5. The zero-order chi connectivity index (χ0) is 13.7. The lowest BCUT2D eigenvalue weighted by Gasteiger charge is -2.34. The van der Waals surface area contributed by atoms with Gasteiger partial charge in [0.1, 0.15) is 0 Å². The van der Waals surface area contributed by atoms with Crippen LogP contribution in [0.2, 0.25) is 0 Å². The maximum Gasteiger partial charge on any atom is 0.222 e. The van der Waals surface area contributed by atoms with Gasteiger partial charge >= 0.3 is 0 Å². The van der Waals surface area contributed by atoms with Crippen LogP contribution in [0, 0.1) is 5.92 Å². The van der Waals surface area contributed by atoms with Crippen molar-refractivity contribution < 1.29 is 9.53 Å². The standard InChI is InChI=1S/C15H28N2O2/c1-12(19-2)7-8-15(18)17-10-4-6-14(17)13-5-3-9-16-11-13/h12-14,16H,3-11H2,1-2H3. The first-order valence-electron chi connectivity index (χ1n) is 7.75. The lowest BCUT2D eigenvalue weighted by Crippen LogP contribution is -2.45. The largest absolute Gasteiger partial charge is 0.382 e. The van der Waals surface area contributed by atoms with E-state index in [0.717, 1.165) is 26.1 Å². The summed E-state index contributed by atoms with van der Waals surface area (Å²) >= 11 is 0. The Kier molecular flexibility index (Phi) is 5.64. The fourth-order valence-electron chi connectivity index (χ4n) is 3.39. The highest BCUT2D eigenvalue weighted by atomic mass is 16.5. The molecule has 110 valence electrons. The number of amides is 1. The van der Waals surface area contributed by atoms with Crippen LogP contribution in [-0.4, -0.2) is 49.7 Å². The Balaban J connectivity index is 1.85. The molecular weight excluding hydrogens is 240 g/mol. The number of methoxy groups -OCH3 is 1. The lowest BCUT2D eigenvalue weighted by molar-refractivity contribution is -0.133. The van der Waals surface area contributed by atoms with Gasteiger partial charge in [-0.3, -0.25) is 4.79 Å². The van der Waals surface area contributed by atoms with Crippen molar-refractivity contribution in [2.45, 2.75) is 57.6 Å². The third-order valence-corrected chi connectivity index (χ3v) is 4.67. The Bertz CT molecular complexity index is 290. The van der Waals surface area contributed by atoms with E-state index in [1.165, 1.54) is 25.7 Å². The minimum atomic E-state index is 0.182. The Labute approximate surface area is 116 Å².